The molecule has 0 spiro atoms. The van der Waals surface area contributed by atoms with Gasteiger partial charge in [-0.15, -0.1) is 11.3 Å². The van der Waals surface area contributed by atoms with Crippen molar-refractivity contribution in [2.75, 3.05) is 6.54 Å². The zero-order valence-electron chi connectivity index (χ0n) is 11.0. The van der Waals surface area contributed by atoms with Crippen LogP contribution in [0.4, 0.5) is 0 Å². The number of nitrogens with one attached hydrogen (secondary N) is 1. The van der Waals surface area contributed by atoms with E-state index in [0.29, 0.717) is 13.0 Å². The highest BCUT2D eigenvalue weighted by atomic mass is 32.2. The van der Waals surface area contributed by atoms with Crippen molar-refractivity contribution in [2.24, 2.45) is 7.05 Å². The molecule has 0 fully saturated rings. The van der Waals surface area contributed by atoms with Crippen LogP contribution in [-0.2, 0) is 23.5 Å². The first-order valence-electron chi connectivity index (χ1n) is 5.80. The fourth-order valence-electron chi connectivity index (χ4n) is 1.73. The van der Waals surface area contributed by atoms with Crippen molar-refractivity contribution >= 4 is 21.4 Å². The summed E-state index contributed by atoms with van der Waals surface area (Å²) in [5.41, 5.74) is 0.975. The second-order valence-electron chi connectivity index (χ2n) is 4.24. The van der Waals surface area contributed by atoms with Gasteiger partial charge in [0.2, 0.25) is 10.0 Å². The second-order valence-corrected chi connectivity index (χ2v) is 7.29. The number of aromatic nitrogens is 3. The molecule has 0 radical (unpaired) electrons. The Morgan fingerprint density at radius 3 is 2.68 bits per heavy atom. The Morgan fingerprint density at radius 1 is 1.42 bits per heavy atom. The van der Waals surface area contributed by atoms with Gasteiger partial charge in [-0.1, -0.05) is 0 Å². The average Bonchev–Trinajstić information content (AvgIpc) is 2.86. The minimum Gasteiger partial charge on any atom is -0.274 e. The minimum atomic E-state index is -3.46. The Kier molecular flexibility index (Phi) is 4.02. The first-order valence-corrected chi connectivity index (χ1v) is 8.09. The Balaban J connectivity index is 1.97. The number of hydrogen-bond acceptors (Lipinski definition) is 5. The molecule has 0 amide bonds. The lowest BCUT2D eigenvalue weighted by atomic mass is 10.3. The Morgan fingerprint density at radius 2 is 2.16 bits per heavy atom. The van der Waals surface area contributed by atoms with E-state index in [9.17, 15) is 8.42 Å². The largest absolute Gasteiger partial charge is 0.274 e. The molecule has 0 unspecified atom stereocenters. The molecule has 0 aliphatic carbocycles. The number of nitrogens with zero attached hydrogens (tertiary/aromatic N) is 3. The molecule has 0 bridgehead atoms. The van der Waals surface area contributed by atoms with Crippen LogP contribution in [0.1, 0.15) is 15.6 Å². The average molecular weight is 300 g/mol. The molecule has 0 aliphatic heterocycles. The third kappa shape index (κ3) is 3.40. The van der Waals surface area contributed by atoms with Crippen LogP contribution in [0.15, 0.2) is 17.3 Å². The third-order valence-electron chi connectivity index (χ3n) is 2.64. The van der Waals surface area contributed by atoms with Crippen LogP contribution in [0, 0.1) is 13.8 Å². The van der Waals surface area contributed by atoms with E-state index in [0.717, 1.165) is 15.6 Å². The summed E-state index contributed by atoms with van der Waals surface area (Å²) in [4.78, 5) is 5.62. The highest BCUT2D eigenvalue weighted by molar-refractivity contribution is 7.89. The fourth-order valence-corrected chi connectivity index (χ4v) is 3.68. The zero-order valence-corrected chi connectivity index (χ0v) is 12.7. The summed E-state index contributed by atoms with van der Waals surface area (Å²) in [7, 11) is -1.78. The molecule has 1 N–H and O–H groups in total. The standard InChI is InChI=1S/C11H16N4O2S2/c1-8-11(18-9(2)14-8)4-5-13-19(16,17)10-6-12-15(3)7-10/h6-7,13H,4-5H2,1-3H3. The SMILES string of the molecule is Cc1nc(C)c(CCNS(=O)(=O)c2cnn(C)c2)s1. The third-order valence-corrected chi connectivity index (χ3v) is 5.18. The van der Waals surface area contributed by atoms with E-state index in [-0.39, 0.29) is 4.90 Å². The van der Waals surface area contributed by atoms with Gasteiger partial charge in [-0.2, -0.15) is 5.10 Å². The smallest absolute Gasteiger partial charge is 0.243 e. The summed E-state index contributed by atoms with van der Waals surface area (Å²) in [6.07, 6.45) is 3.46. The van der Waals surface area contributed by atoms with Crippen LogP contribution < -0.4 is 4.72 Å². The van der Waals surface area contributed by atoms with Crippen molar-refractivity contribution < 1.29 is 8.42 Å². The van der Waals surface area contributed by atoms with Crippen LogP contribution in [0.2, 0.25) is 0 Å². The monoisotopic (exact) mass is 300 g/mol. The molecule has 2 aromatic rings. The summed E-state index contributed by atoms with van der Waals surface area (Å²) in [5, 5.41) is 4.86. The van der Waals surface area contributed by atoms with Crippen molar-refractivity contribution in [2.45, 2.75) is 25.2 Å². The number of thiazole rings is 1. The van der Waals surface area contributed by atoms with Gasteiger partial charge in [-0.25, -0.2) is 18.1 Å². The Bertz CT molecular complexity index is 673. The van der Waals surface area contributed by atoms with Gasteiger partial charge < -0.3 is 0 Å². The molecule has 2 rings (SSSR count). The van der Waals surface area contributed by atoms with Gasteiger partial charge in [0.1, 0.15) is 4.90 Å². The lowest BCUT2D eigenvalue weighted by Gasteiger charge is -2.03. The molecule has 0 aromatic carbocycles. The zero-order chi connectivity index (χ0) is 14.0. The number of aryl methyl sites for hydroxylation is 3. The minimum absolute atomic E-state index is 0.187. The fraction of sp³-hybridized carbons (Fsp3) is 0.455. The summed E-state index contributed by atoms with van der Waals surface area (Å²) < 4.78 is 27.9. The van der Waals surface area contributed by atoms with Gasteiger partial charge in [0.25, 0.3) is 0 Å². The summed E-state index contributed by atoms with van der Waals surface area (Å²) in [6.45, 7) is 4.25. The van der Waals surface area contributed by atoms with Gasteiger partial charge in [0.05, 0.1) is 16.9 Å². The molecule has 8 heteroatoms. The first-order chi connectivity index (χ1) is 8.88. The normalized spacial score (nSPS) is 11.9. The summed E-state index contributed by atoms with van der Waals surface area (Å²) in [6, 6.07) is 0. The van der Waals surface area contributed by atoms with E-state index in [2.05, 4.69) is 14.8 Å². The lowest BCUT2D eigenvalue weighted by Crippen LogP contribution is -2.25. The van der Waals surface area contributed by atoms with Gasteiger partial charge >= 0.3 is 0 Å². The molecule has 2 heterocycles. The number of hydrogen-bond donors (Lipinski definition) is 1. The van der Waals surface area contributed by atoms with Crippen molar-refractivity contribution in [1.82, 2.24) is 19.5 Å². The Labute approximate surface area is 116 Å². The predicted octanol–water partition coefficient (Wildman–Crippen LogP) is 1.01. The number of rotatable bonds is 5. The predicted molar refractivity (Wildman–Crippen MR) is 73.7 cm³/mol. The van der Waals surface area contributed by atoms with Crippen LogP contribution in [0.3, 0.4) is 0 Å². The lowest BCUT2D eigenvalue weighted by molar-refractivity contribution is 0.581. The molecule has 0 atom stereocenters. The van der Waals surface area contributed by atoms with Gasteiger partial charge in [0.15, 0.2) is 0 Å². The molecule has 0 saturated heterocycles. The van der Waals surface area contributed by atoms with Gasteiger partial charge in [-0.3, -0.25) is 4.68 Å². The second kappa shape index (κ2) is 5.40. The van der Waals surface area contributed by atoms with E-state index >= 15 is 0 Å². The van der Waals surface area contributed by atoms with E-state index in [1.807, 2.05) is 13.8 Å². The van der Waals surface area contributed by atoms with Crippen molar-refractivity contribution in [3.63, 3.8) is 0 Å². The summed E-state index contributed by atoms with van der Waals surface area (Å²) in [5.74, 6) is 0. The van der Waals surface area contributed by atoms with Crippen molar-refractivity contribution in [3.05, 3.63) is 28.0 Å². The molecule has 19 heavy (non-hydrogen) atoms. The Hall–Kier alpha value is -1.25. The topological polar surface area (TPSA) is 76.9 Å². The highest BCUT2D eigenvalue weighted by Crippen LogP contribution is 2.17. The molecule has 6 nitrogen and oxygen atoms in total. The first kappa shape index (κ1) is 14.2. The van der Waals surface area contributed by atoms with E-state index in [1.54, 1.807) is 18.4 Å². The van der Waals surface area contributed by atoms with Crippen molar-refractivity contribution in [1.29, 1.82) is 0 Å². The highest BCUT2D eigenvalue weighted by Gasteiger charge is 2.15. The van der Waals surface area contributed by atoms with Crippen molar-refractivity contribution in [3.8, 4) is 0 Å². The van der Waals surface area contributed by atoms with Crippen LogP contribution in [0.5, 0.6) is 0 Å². The number of sulfonamides is 1. The maximum atomic E-state index is 11.9. The molecule has 104 valence electrons. The van der Waals surface area contributed by atoms with Gasteiger partial charge in [-0.05, 0) is 20.3 Å². The maximum absolute atomic E-state index is 11.9. The van der Waals surface area contributed by atoms with E-state index < -0.39 is 10.0 Å². The quantitative estimate of drug-likeness (QED) is 0.894. The van der Waals surface area contributed by atoms with Crippen LogP contribution >= 0.6 is 11.3 Å². The van der Waals surface area contributed by atoms with Crippen LogP contribution in [0.25, 0.3) is 0 Å². The molecule has 0 saturated carbocycles. The maximum Gasteiger partial charge on any atom is 0.243 e. The van der Waals surface area contributed by atoms with E-state index in [1.165, 1.54) is 17.1 Å². The molecule has 2 aromatic heterocycles. The van der Waals surface area contributed by atoms with E-state index in [4.69, 9.17) is 0 Å². The summed E-state index contributed by atoms with van der Waals surface area (Å²) >= 11 is 1.60. The van der Waals surface area contributed by atoms with Crippen LogP contribution in [-0.4, -0.2) is 29.7 Å². The molecule has 0 aliphatic rings. The van der Waals surface area contributed by atoms with Gasteiger partial charge in [0, 0.05) is 24.7 Å². The molecular formula is C11H16N4O2S2. The molecular weight excluding hydrogens is 284 g/mol.